The van der Waals surface area contributed by atoms with Crippen LogP contribution in [0.4, 0.5) is 0 Å². The number of nitroso groups, excluding NO2 is 1. The van der Waals surface area contributed by atoms with Gasteiger partial charge < -0.3 is 28.4 Å². The van der Waals surface area contributed by atoms with E-state index in [2.05, 4.69) is 25.1 Å². The Hall–Kier alpha value is -6.11. The van der Waals surface area contributed by atoms with Crippen molar-refractivity contribution in [3.63, 3.8) is 0 Å². The molecular formula is C32H27N5O8. The third kappa shape index (κ3) is 6.77. The number of ether oxygens (including phenoxy) is 6. The van der Waals surface area contributed by atoms with Gasteiger partial charge in [-0.1, -0.05) is 65.8 Å². The first-order valence-electron chi connectivity index (χ1n) is 13.4. The van der Waals surface area contributed by atoms with Crippen molar-refractivity contribution in [3.05, 3.63) is 112 Å². The van der Waals surface area contributed by atoms with E-state index in [0.29, 0.717) is 11.1 Å². The summed E-state index contributed by atoms with van der Waals surface area (Å²) in [5.74, 6) is 0.562. The standard InChI is InChI=1S/C32H27N5O8/c1-40-24-17-25(41-2)34-31(33-24)44-22-15-10-16-23(45-32-35-26(42-3)18-27(36-32)43-4)28(22)29(37-39)20-13-8-9-14-21(20)30(38)19-11-6-5-7-12-19/h5-18,29H,1-4H3. The Balaban J connectivity index is 1.69. The second-order valence-electron chi connectivity index (χ2n) is 9.13. The number of nitrogens with zero attached hydrogens (tertiary/aromatic N) is 5. The first-order chi connectivity index (χ1) is 22.0. The molecule has 0 amide bonds. The summed E-state index contributed by atoms with van der Waals surface area (Å²) in [6.07, 6.45) is 0. The molecule has 0 aliphatic carbocycles. The molecule has 0 spiro atoms. The maximum atomic E-state index is 13.7. The van der Waals surface area contributed by atoms with Gasteiger partial charge in [-0.3, -0.25) is 4.79 Å². The molecule has 1 atom stereocenters. The van der Waals surface area contributed by atoms with E-state index in [9.17, 15) is 9.70 Å². The first-order valence-corrected chi connectivity index (χ1v) is 13.4. The highest BCUT2D eigenvalue weighted by molar-refractivity contribution is 6.10. The van der Waals surface area contributed by atoms with Gasteiger partial charge in [0.25, 0.3) is 0 Å². The SMILES string of the molecule is COc1cc(OC)nc(Oc2cccc(Oc3nc(OC)cc(OC)n3)c2C(N=O)c2ccccc2C(=O)c2ccccc2)n1. The molecule has 13 heteroatoms. The Kier molecular flexibility index (Phi) is 9.38. The zero-order valence-electron chi connectivity index (χ0n) is 24.7. The first kappa shape index (κ1) is 30.4. The maximum absolute atomic E-state index is 13.7. The van der Waals surface area contributed by atoms with E-state index in [1.807, 2.05) is 0 Å². The minimum atomic E-state index is -1.32. The molecule has 0 aliphatic rings. The average Bonchev–Trinajstić information content (AvgIpc) is 3.09. The largest absolute Gasteiger partial charge is 0.481 e. The van der Waals surface area contributed by atoms with Crippen LogP contribution in [0.3, 0.4) is 0 Å². The minimum Gasteiger partial charge on any atom is -0.481 e. The normalized spacial score (nSPS) is 11.2. The summed E-state index contributed by atoms with van der Waals surface area (Å²) >= 11 is 0. The molecule has 1 unspecified atom stereocenters. The summed E-state index contributed by atoms with van der Waals surface area (Å²) in [4.78, 5) is 43.4. The van der Waals surface area contributed by atoms with Gasteiger partial charge in [-0.25, -0.2) is 0 Å². The van der Waals surface area contributed by atoms with Gasteiger partial charge >= 0.3 is 12.0 Å². The van der Waals surface area contributed by atoms with Crippen molar-refractivity contribution in [1.82, 2.24) is 19.9 Å². The minimum absolute atomic E-state index is 0.0873. The Labute approximate surface area is 257 Å². The second-order valence-corrected chi connectivity index (χ2v) is 9.13. The van der Waals surface area contributed by atoms with Gasteiger partial charge in [0.15, 0.2) is 5.78 Å². The van der Waals surface area contributed by atoms with Gasteiger partial charge in [-0.15, -0.1) is 4.91 Å². The molecule has 0 saturated heterocycles. The Bertz CT molecular complexity index is 1700. The van der Waals surface area contributed by atoms with Crippen LogP contribution >= 0.6 is 0 Å². The van der Waals surface area contributed by atoms with Crippen LogP contribution in [0, 0.1) is 4.91 Å². The lowest BCUT2D eigenvalue weighted by Gasteiger charge is -2.20. The van der Waals surface area contributed by atoms with Crippen molar-refractivity contribution in [2.24, 2.45) is 5.18 Å². The molecule has 0 radical (unpaired) electrons. The second kappa shape index (κ2) is 13.9. The van der Waals surface area contributed by atoms with Crippen LogP contribution in [-0.4, -0.2) is 54.2 Å². The molecule has 13 nitrogen and oxygen atoms in total. The lowest BCUT2D eigenvalue weighted by Crippen LogP contribution is -2.11. The zero-order chi connectivity index (χ0) is 31.8. The van der Waals surface area contributed by atoms with Gasteiger partial charge in [0.1, 0.15) is 17.5 Å². The highest BCUT2D eigenvalue weighted by atomic mass is 16.5. The summed E-state index contributed by atoms with van der Waals surface area (Å²) in [5.41, 5.74) is 1.13. The fraction of sp³-hybridized carbons (Fsp3) is 0.156. The summed E-state index contributed by atoms with van der Waals surface area (Å²) in [7, 11) is 5.73. The summed E-state index contributed by atoms with van der Waals surface area (Å²) in [6.45, 7) is 0. The third-order valence-corrected chi connectivity index (χ3v) is 6.50. The number of ketones is 1. The topological polar surface area (TPSA) is 153 Å². The van der Waals surface area contributed by atoms with Crippen molar-refractivity contribution in [2.75, 3.05) is 28.4 Å². The van der Waals surface area contributed by atoms with Crippen molar-refractivity contribution in [1.29, 1.82) is 0 Å². The number of hydrogen-bond acceptors (Lipinski definition) is 13. The number of aromatic nitrogens is 4. The smallest absolute Gasteiger partial charge is 0.328 e. The number of benzene rings is 3. The highest BCUT2D eigenvalue weighted by Gasteiger charge is 2.30. The Morgan fingerprint density at radius 3 is 1.56 bits per heavy atom. The summed E-state index contributed by atoms with van der Waals surface area (Å²) in [5, 5.41) is 3.46. The molecule has 0 fully saturated rings. The number of rotatable bonds is 13. The molecule has 228 valence electrons. The Morgan fingerprint density at radius 1 is 0.622 bits per heavy atom. The quantitative estimate of drug-likeness (QED) is 0.114. The molecule has 0 saturated carbocycles. The van der Waals surface area contributed by atoms with E-state index >= 15 is 0 Å². The molecule has 45 heavy (non-hydrogen) atoms. The van der Waals surface area contributed by atoms with Gasteiger partial charge in [-0.2, -0.15) is 19.9 Å². The lowest BCUT2D eigenvalue weighted by molar-refractivity contribution is 0.103. The lowest BCUT2D eigenvalue weighted by atomic mass is 9.90. The van der Waals surface area contributed by atoms with Crippen LogP contribution in [-0.2, 0) is 0 Å². The molecule has 2 aromatic heterocycles. The number of carbonyl (C=O) groups is 1. The average molecular weight is 610 g/mol. The fourth-order valence-corrected chi connectivity index (χ4v) is 4.40. The predicted molar refractivity (Wildman–Crippen MR) is 161 cm³/mol. The molecule has 2 heterocycles. The van der Waals surface area contributed by atoms with Crippen molar-refractivity contribution in [2.45, 2.75) is 6.04 Å². The van der Waals surface area contributed by atoms with Crippen LogP contribution in [0.25, 0.3) is 0 Å². The number of carbonyl (C=O) groups excluding carboxylic acids is 1. The Morgan fingerprint density at radius 2 is 1.09 bits per heavy atom. The fourth-order valence-electron chi connectivity index (χ4n) is 4.40. The van der Waals surface area contributed by atoms with Crippen molar-refractivity contribution >= 4 is 5.78 Å². The number of hydrogen-bond donors (Lipinski definition) is 0. The van der Waals surface area contributed by atoms with Gasteiger partial charge in [0.2, 0.25) is 23.5 Å². The van der Waals surface area contributed by atoms with Gasteiger partial charge in [0.05, 0.1) is 46.1 Å². The summed E-state index contributed by atoms with van der Waals surface area (Å²) < 4.78 is 33.2. The zero-order valence-corrected chi connectivity index (χ0v) is 24.7. The predicted octanol–water partition coefficient (Wildman–Crippen LogP) is 5.97. The van der Waals surface area contributed by atoms with E-state index in [4.69, 9.17) is 28.4 Å². The van der Waals surface area contributed by atoms with Crippen LogP contribution in [0.1, 0.15) is 33.1 Å². The van der Waals surface area contributed by atoms with Crippen molar-refractivity contribution in [3.8, 4) is 47.0 Å². The van der Waals surface area contributed by atoms with E-state index in [0.717, 1.165) is 0 Å². The summed E-state index contributed by atoms with van der Waals surface area (Å²) in [6, 6.07) is 21.5. The molecule has 0 aliphatic heterocycles. The van der Waals surface area contributed by atoms with Crippen LogP contribution in [0.5, 0.6) is 47.0 Å². The molecule has 5 aromatic rings. The van der Waals surface area contributed by atoms with Crippen molar-refractivity contribution < 1.29 is 33.2 Å². The molecule has 5 rings (SSSR count). The number of methoxy groups -OCH3 is 4. The van der Waals surface area contributed by atoms with Crippen LogP contribution in [0.15, 0.2) is 90.1 Å². The molecule has 0 N–H and O–H groups in total. The third-order valence-electron chi connectivity index (χ3n) is 6.50. The van der Waals surface area contributed by atoms with Gasteiger partial charge in [-0.05, 0) is 17.7 Å². The van der Waals surface area contributed by atoms with E-state index < -0.39 is 6.04 Å². The monoisotopic (exact) mass is 609 g/mol. The molecule has 3 aromatic carbocycles. The molecule has 0 bridgehead atoms. The highest BCUT2D eigenvalue weighted by Crippen LogP contribution is 2.44. The van der Waals surface area contributed by atoms with E-state index in [1.54, 1.807) is 72.8 Å². The van der Waals surface area contributed by atoms with Gasteiger partial charge in [0, 0.05) is 11.1 Å². The van der Waals surface area contributed by atoms with Crippen LogP contribution < -0.4 is 28.4 Å². The van der Waals surface area contributed by atoms with E-state index in [-0.39, 0.29) is 64.0 Å². The van der Waals surface area contributed by atoms with Crippen LogP contribution in [0.2, 0.25) is 0 Å². The van der Waals surface area contributed by atoms with E-state index in [1.165, 1.54) is 40.6 Å². The molecular weight excluding hydrogens is 582 g/mol. The maximum Gasteiger partial charge on any atom is 0.328 e.